The molecule has 4 heterocycles. The fraction of sp³-hybridized carbons (Fsp3) is 0.783. The van der Waals surface area contributed by atoms with Crippen molar-refractivity contribution in [2.24, 2.45) is 5.41 Å². The molecule has 328 valence electrons. The van der Waals surface area contributed by atoms with E-state index in [1.807, 2.05) is 0 Å². The lowest BCUT2D eigenvalue weighted by Crippen LogP contribution is -2.15. The van der Waals surface area contributed by atoms with E-state index in [9.17, 15) is 0 Å². The molecule has 0 saturated heterocycles. The molecule has 0 unspecified atom stereocenters. The zero-order valence-electron chi connectivity index (χ0n) is 38.5. The molecule has 4 aromatic heterocycles. The van der Waals surface area contributed by atoms with E-state index < -0.39 is 0 Å². The van der Waals surface area contributed by atoms with E-state index in [0.29, 0.717) is 17.2 Å². The van der Waals surface area contributed by atoms with Crippen molar-refractivity contribution < 1.29 is 13.3 Å². The van der Waals surface area contributed by atoms with Crippen molar-refractivity contribution in [1.29, 1.82) is 0 Å². The average molecular weight is 807 g/mol. The van der Waals surface area contributed by atoms with E-state index in [1.165, 1.54) is 0 Å². The number of oxazole rings is 2. The molecule has 4 aromatic rings. The Morgan fingerprint density at radius 2 is 0.750 bits per heavy atom. The first-order valence-electron chi connectivity index (χ1n) is 18.8. The van der Waals surface area contributed by atoms with Gasteiger partial charge >= 0.3 is 0 Å². The number of hydrogen-bond acceptors (Lipinski definition) is 10. The zero-order chi connectivity index (χ0) is 42.2. The summed E-state index contributed by atoms with van der Waals surface area (Å²) in [5, 5.41) is 18.8. The maximum Gasteiger partial charge on any atom is 0.221 e. The lowest BCUT2D eigenvalue weighted by atomic mass is 9.92. The summed E-state index contributed by atoms with van der Waals surface area (Å²) in [4.78, 5) is 8.51. The van der Waals surface area contributed by atoms with Crippen LogP contribution in [-0.2, 0) is 37.9 Å². The maximum absolute atomic E-state index is 5.59. The molecule has 0 spiro atoms. The molecule has 0 radical (unpaired) electrons. The molecule has 0 saturated carbocycles. The Morgan fingerprint density at radius 1 is 0.411 bits per heavy atom. The molecule has 0 aromatic carbocycles. The number of hydrogen-bond donors (Lipinski definition) is 0. The Bertz CT molecular complexity index is 1350. The summed E-state index contributed by atoms with van der Waals surface area (Å²) in [5.74, 6) is 3.02. The van der Waals surface area contributed by atoms with Crippen molar-refractivity contribution in [3.05, 3.63) is 58.0 Å². The van der Waals surface area contributed by atoms with Gasteiger partial charge in [-0.05, 0) is 5.41 Å². The van der Waals surface area contributed by atoms with Gasteiger partial charge in [0, 0.05) is 37.9 Å². The normalized spacial score (nSPS) is 12.3. The highest BCUT2D eigenvalue weighted by Crippen LogP contribution is 2.31. The molecule has 0 atom stereocenters. The van der Waals surface area contributed by atoms with Crippen LogP contribution in [0.1, 0.15) is 235 Å². The molecule has 9 nitrogen and oxygen atoms in total. The van der Waals surface area contributed by atoms with Gasteiger partial charge in [-0.25, -0.2) is 9.97 Å². The number of nitrogens with zero attached hydrogens (tertiary/aromatic N) is 6. The standard InChI is InChI=1S/C11H19NO.C10H18N2O.C10H18N2S.C7H11NO.C5H12.3CH4/c1-10(2,3)8-7-13-9(12-8)11(4,5)6;2*1-9(2,3)7-11-12-8(13-7)10(4,5)6;1-7(2,3)6-8-4-5-9-6;1-5(2,3)4;;;/h7H,1-6H3;2*1-6H3;4-5H,1-3H3;1-4H3;3*1H4. The molecule has 0 bridgehead atoms. The third-order valence-electron chi connectivity index (χ3n) is 6.40. The summed E-state index contributed by atoms with van der Waals surface area (Å²) < 4.78 is 16.1. The van der Waals surface area contributed by atoms with Crippen molar-refractivity contribution in [2.45, 2.75) is 233 Å². The molecule has 0 aliphatic rings. The highest BCUT2D eigenvalue weighted by molar-refractivity contribution is 7.11. The second kappa shape index (κ2) is 21.8. The van der Waals surface area contributed by atoms with Crippen molar-refractivity contribution in [3.8, 4) is 0 Å². The largest absolute Gasteiger partial charge is 0.448 e. The molecule has 0 aliphatic heterocycles. The summed E-state index contributed by atoms with van der Waals surface area (Å²) in [5.41, 5.74) is 1.78. The molecule has 0 aliphatic carbocycles. The minimum absolute atomic E-state index is 0. The topological polar surface area (TPSA) is 117 Å². The SMILES string of the molecule is C.C.C.CC(C)(C)C.CC(C)(C)c1coc(C(C)(C)C)n1.CC(C)(C)c1ncco1.CC(C)(C)c1nnc(C(C)(C)C)o1.CC(C)(C)c1nnc(C(C)(C)C)s1. The molecule has 0 N–H and O–H groups in total. The second-order valence-electron chi connectivity index (χ2n) is 22.4. The summed E-state index contributed by atoms with van der Waals surface area (Å²) in [6.07, 6.45) is 5.03. The van der Waals surface area contributed by atoms with Crippen LogP contribution in [0.5, 0.6) is 0 Å². The Hall–Kier alpha value is -2.88. The van der Waals surface area contributed by atoms with Gasteiger partial charge in [0.15, 0.2) is 11.8 Å². The number of rotatable bonds is 0. The summed E-state index contributed by atoms with van der Waals surface area (Å²) >= 11 is 1.72. The number of aromatic nitrogens is 6. The summed E-state index contributed by atoms with van der Waals surface area (Å²) in [6, 6.07) is 0. The third-order valence-corrected chi connectivity index (χ3v) is 8.18. The Morgan fingerprint density at radius 3 is 0.911 bits per heavy atom. The van der Waals surface area contributed by atoms with Crippen LogP contribution in [0.15, 0.2) is 32.0 Å². The van der Waals surface area contributed by atoms with Gasteiger partial charge in [-0.3, -0.25) is 0 Å². The minimum Gasteiger partial charge on any atom is -0.448 e. The molecular weight excluding hydrogens is 717 g/mol. The lowest BCUT2D eigenvalue weighted by molar-refractivity contribution is 0.331. The van der Waals surface area contributed by atoms with Crippen molar-refractivity contribution in [3.63, 3.8) is 0 Å². The van der Waals surface area contributed by atoms with Crippen LogP contribution in [0.4, 0.5) is 0 Å². The van der Waals surface area contributed by atoms with E-state index >= 15 is 0 Å². The van der Waals surface area contributed by atoms with Gasteiger partial charge in [0.1, 0.15) is 22.5 Å². The van der Waals surface area contributed by atoms with Gasteiger partial charge < -0.3 is 13.3 Å². The Balaban J connectivity index is -0.000000306. The molecule has 0 amide bonds. The van der Waals surface area contributed by atoms with Crippen LogP contribution in [0, 0.1) is 5.41 Å². The van der Waals surface area contributed by atoms with Crippen LogP contribution >= 0.6 is 11.3 Å². The van der Waals surface area contributed by atoms with E-state index in [2.05, 4.69) is 203 Å². The fourth-order valence-corrected chi connectivity index (χ4v) is 4.17. The van der Waals surface area contributed by atoms with Gasteiger partial charge in [0.05, 0.1) is 11.9 Å². The second-order valence-corrected chi connectivity index (χ2v) is 23.4. The minimum atomic E-state index is -0.0590. The quantitative estimate of drug-likeness (QED) is 0.171. The summed E-state index contributed by atoms with van der Waals surface area (Å²) in [6.45, 7) is 53.0. The van der Waals surface area contributed by atoms with Crippen LogP contribution in [-0.4, -0.2) is 30.4 Å². The van der Waals surface area contributed by atoms with E-state index in [4.69, 9.17) is 13.3 Å². The molecular formula is C46H90N6O3S. The van der Waals surface area contributed by atoms with Crippen molar-refractivity contribution in [1.82, 2.24) is 30.4 Å². The predicted octanol–water partition coefficient (Wildman–Crippen LogP) is 15.0. The lowest BCUT2D eigenvalue weighted by Gasteiger charge is -2.15. The van der Waals surface area contributed by atoms with Gasteiger partial charge in [-0.2, -0.15) is 0 Å². The van der Waals surface area contributed by atoms with Gasteiger partial charge in [-0.1, -0.05) is 195 Å². The van der Waals surface area contributed by atoms with Crippen molar-refractivity contribution >= 4 is 11.3 Å². The first kappa shape index (κ1) is 59.8. The molecule has 10 heteroatoms. The fourth-order valence-electron chi connectivity index (χ4n) is 3.22. The average Bonchev–Trinajstić information content (AvgIpc) is 3.72. The molecule has 0 fully saturated rings. The van der Waals surface area contributed by atoms with Crippen LogP contribution in [0.2, 0.25) is 0 Å². The van der Waals surface area contributed by atoms with Crippen LogP contribution in [0.25, 0.3) is 0 Å². The summed E-state index contributed by atoms with van der Waals surface area (Å²) in [7, 11) is 0. The molecule has 4 rings (SSSR count). The van der Waals surface area contributed by atoms with Gasteiger partial charge in [-0.15, -0.1) is 31.7 Å². The van der Waals surface area contributed by atoms with E-state index in [-0.39, 0.29) is 60.2 Å². The smallest absolute Gasteiger partial charge is 0.221 e. The first-order chi connectivity index (χ1) is 23.2. The predicted molar refractivity (Wildman–Crippen MR) is 243 cm³/mol. The monoisotopic (exact) mass is 807 g/mol. The maximum atomic E-state index is 5.59. The zero-order valence-corrected chi connectivity index (χ0v) is 39.4. The van der Waals surface area contributed by atoms with Gasteiger partial charge in [0.25, 0.3) is 0 Å². The van der Waals surface area contributed by atoms with E-state index in [0.717, 1.165) is 27.5 Å². The van der Waals surface area contributed by atoms with Crippen molar-refractivity contribution in [2.75, 3.05) is 0 Å². The Labute approximate surface area is 350 Å². The van der Waals surface area contributed by atoms with Crippen LogP contribution < -0.4 is 0 Å². The van der Waals surface area contributed by atoms with E-state index in [1.54, 1.807) is 30.1 Å². The third kappa shape index (κ3) is 24.0. The Kier molecular flexibility index (Phi) is 23.2. The highest BCUT2D eigenvalue weighted by atomic mass is 32.1. The first-order valence-corrected chi connectivity index (χ1v) is 19.6. The highest BCUT2D eigenvalue weighted by Gasteiger charge is 2.27. The molecule has 56 heavy (non-hydrogen) atoms. The van der Waals surface area contributed by atoms with Crippen LogP contribution in [0.3, 0.4) is 0 Å². The van der Waals surface area contributed by atoms with Gasteiger partial charge in [0.2, 0.25) is 11.8 Å².